The van der Waals surface area contributed by atoms with Gasteiger partial charge in [0.15, 0.2) is 0 Å². The molecule has 0 aliphatic rings. The molecule has 0 saturated heterocycles. The number of aromatic nitrogens is 1. The third-order valence-corrected chi connectivity index (χ3v) is 3.44. The molecule has 1 aromatic heterocycles. The molecule has 4 nitrogen and oxygen atoms in total. The van der Waals surface area contributed by atoms with E-state index < -0.39 is 0 Å². The fourth-order valence-corrected chi connectivity index (χ4v) is 2.12. The van der Waals surface area contributed by atoms with Gasteiger partial charge in [0, 0.05) is 18.8 Å². The van der Waals surface area contributed by atoms with Gasteiger partial charge in [0.2, 0.25) is 0 Å². The van der Waals surface area contributed by atoms with Crippen LogP contribution in [-0.4, -0.2) is 42.5 Å². The van der Waals surface area contributed by atoms with Crippen molar-refractivity contribution in [3.8, 4) is 0 Å². The summed E-state index contributed by atoms with van der Waals surface area (Å²) in [6.07, 6.45) is 2.53. The van der Waals surface area contributed by atoms with E-state index in [1.54, 1.807) is 18.3 Å². The first-order valence-electron chi connectivity index (χ1n) is 7.06. The zero-order valence-electron chi connectivity index (χ0n) is 12.5. The Kier molecular flexibility index (Phi) is 5.46. The van der Waals surface area contributed by atoms with Crippen LogP contribution in [0.1, 0.15) is 16.1 Å². The first-order chi connectivity index (χ1) is 10.2. The van der Waals surface area contributed by atoms with Crippen LogP contribution in [0.3, 0.4) is 0 Å². The van der Waals surface area contributed by atoms with E-state index >= 15 is 0 Å². The van der Waals surface area contributed by atoms with Crippen LogP contribution in [-0.2, 0) is 6.42 Å². The van der Waals surface area contributed by atoms with Crippen molar-refractivity contribution in [3.05, 3.63) is 66.0 Å². The lowest BCUT2D eigenvalue weighted by Gasteiger charge is -2.24. The minimum Gasteiger partial charge on any atom is -0.349 e. The summed E-state index contributed by atoms with van der Waals surface area (Å²) in [7, 11) is 4.06. The van der Waals surface area contributed by atoms with Gasteiger partial charge >= 0.3 is 0 Å². The third kappa shape index (κ3) is 4.68. The monoisotopic (exact) mass is 283 g/mol. The maximum atomic E-state index is 12.0. The molecule has 0 fully saturated rings. The predicted molar refractivity (Wildman–Crippen MR) is 84.2 cm³/mol. The quantitative estimate of drug-likeness (QED) is 0.882. The molecule has 0 aliphatic heterocycles. The van der Waals surface area contributed by atoms with Gasteiger partial charge in [-0.2, -0.15) is 0 Å². The molecular formula is C17H21N3O. The Labute approximate surface area is 125 Å². The van der Waals surface area contributed by atoms with Gasteiger partial charge in [-0.05, 0) is 38.2 Å². The number of nitrogens with one attached hydrogen (secondary N) is 1. The molecule has 2 rings (SSSR count). The van der Waals surface area contributed by atoms with Gasteiger partial charge in [-0.3, -0.25) is 9.78 Å². The van der Waals surface area contributed by atoms with Crippen molar-refractivity contribution in [2.45, 2.75) is 12.5 Å². The molecule has 1 unspecified atom stereocenters. The van der Waals surface area contributed by atoms with E-state index in [0.717, 1.165) is 6.42 Å². The summed E-state index contributed by atoms with van der Waals surface area (Å²) in [5.74, 6) is -0.129. The fraction of sp³-hybridized carbons (Fsp3) is 0.294. The largest absolute Gasteiger partial charge is 0.349 e. The Bertz CT molecular complexity index is 555. The highest BCUT2D eigenvalue weighted by Gasteiger charge is 2.14. The van der Waals surface area contributed by atoms with Gasteiger partial charge < -0.3 is 10.2 Å². The second-order valence-electron chi connectivity index (χ2n) is 5.23. The van der Waals surface area contributed by atoms with E-state index in [1.807, 2.05) is 38.4 Å². The second-order valence-corrected chi connectivity index (χ2v) is 5.23. The Morgan fingerprint density at radius 1 is 1.14 bits per heavy atom. The molecule has 4 heteroatoms. The lowest BCUT2D eigenvalue weighted by molar-refractivity contribution is 0.0936. The highest BCUT2D eigenvalue weighted by atomic mass is 16.1. The molecule has 0 spiro atoms. The summed E-state index contributed by atoms with van der Waals surface area (Å²) in [4.78, 5) is 18.2. The number of benzene rings is 1. The van der Waals surface area contributed by atoms with Crippen LogP contribution < -0.4 is 5.32 Å². The van der Waals surface area contributed by atoms with Gasteiger partial charge in [-0.1, -0.05) is 36.4 Å². The Morgan fingerprint density at radius 2 is 1.86 bits per heavy atom. The van der Waals surface area contributed by atoms with Crippen molar-refractivity contribution in [1.29, 1.82) is 0 Å². The summed E-state index contributed by atoms with van der Waals surface area (Å²) in [5, 5.41) is 2.96. The van der Waals surface area contributed by atoms with E-state index in [0.29, 0.717) is 12.2 Å². The number of nitrogens with zero attached hydrogens (tertiary/aromatic N) is 2. The highest BCUT2D eigenvalue weighted by molar-refractivity contribution is 5.92. The van der Waals surface area contributed by atoms with Crippen molar-refractivity contribution in [2.24, 2.45) is 0 Å². The van der Waals surface area contributed by atoms with Crippen molar-refractivity contribution < 1.29 is 4.79 Å². The topological polar surface area (TPSA) is 45.2 Å². The van der Waals surface area contributed by atoms with Gasteiger partial charge in [-0.15, -0.1) is 0 Å². The average molecular weight is 283 g/mol. The van der Waals surface area contributed by atoms with Crippen LogP contribution in [0.2, 0.25) is 0 Å². The summed E-state index contributed by atoms with van der Waals surface area (Å²) in [6.45, 7) is 0.595. The van der Waals surface area contributed by atoms with Crippen LogP contribution >= 0.6 is 0 Å². The molecule has 0 radical (unpaired) electrons. The second kappa shape index (κ2) is 7.55. The smallest absolute Gasteiger partial charge is 0.269 e. The standard InChI is InChI=1S/C17H21N3O/c1-20(2)15(12-14-8-4-3-5-9-14)13-19-17(21)16-10-6-7-11-18-16/h3-11,15H,12-13H2,1-2H3,(H,19,21). The maximum Gasteiger partial charge on any atom is 0.269 e. The summed E-state index contributed by atoms with van der Waals surface area (Å²) >= 11 is 0. The summed E-state index contributed by atoms with van der Waals surface area (Å²) in [6, 6.07) is 15.9. The van der Waals surface area contributed by atoms with Crippen molar-refractivity contribution in [2.75, 3.05) is 20.6 Å². The molecule has 1 amide bonds. The maximum absolute atomic E-state index is 12.0. The summed E-state index contributed by atoms with van der Waals surface area (Å²) < 4.78 is 0. The van der Waals surface area contributed by atoms with Crippen LogP contribution in [0.5, 0.6) is 0 Å². The van der Waals surface area contributed by atoms with E-state index in [4.69, 9.17) is 0 Å². The molecule has 1 N–H and O–H groups in total. The normalized spacial score (nSPS) is 12.1. The van der Waals surface area contributed by atoms with Crippen LogP contribution in [0, 0.1) is 0 Å². The SMILES string of the molecule is CN(C)C(CNC(=O)c1ccccn1)Cc1ccccc1. The molecule has 110 valence electrons. The molecule has 0 bridgehead atoms. The minimum atomic E-state index is -0.129. The molecule has 1 aromatic carbocycles. The van der Waals surface area contributed by atoms with E-state index in [9.17, 15) is 4.79 Å². The average Bonchev–Trinajstić information content (AvgIpc) is 2.52. The number of hydrogen-bond acceptors (Lipinski definition) is 3. The number of carbonyl (C=O) groups is 1. The van der Waals surface area contributed by atoms with Crippen molar-refractivity contribution in [1.82, 2.24) is 15.2 Å². The minimum absolute atomic E-state index is 0.129. The number of hydrogen-bond donors (Lipinski definition) is 1. The predicted octanol–water partition coefficient (Wildman–Crippen LogP) is 1.98. The van der Waals surface area contributed by atoms with Gasteiger partial charge in [0.1, 0.15) is 5.69 Å². The molecule has 1 heterocycles. The van der Waals surface area contributed by atoms with Crippen LogP contribution in [0.15, 0.2) is 54.7 Å². The van der Waals surface area contributed by atoms with Gasteiger partial charge in [0.05, 0.1) is 0 Å². The zero-order valence-corrected chi connectivity index (χ0v) is 12.5. The Hall–Kier alpha value is -2.20. The van der Waals surface area contributed by atoms with E-state index in [2.05, 4.69) is 27.3 Å². The van der Waals surface area contributed by atoms with Gasteiger partial charge in [-0.25, -0.2) is 0 Å². The number of rotatable bonds is 6. The fourth-order valence-electron chi connectivity index (χ4n) is 2.12. The zero-order chi connectivity index (χ0) is 15.1. The summed E-state index contributed by atoms with van der Waals surface area (Å²) in [5.41, 5.74) is 1.72. The highest BCUT2D eigenvalue weighted by Crippen LogP contribution is 2.06. The third-order valence-electron chi connectivity index (χ3n) is 3.44. The van der Waals surface area contributed by atoms with E-state index in [1.165, 1.54) is 5.56 Å². The molecule has 21 heavy (non-hydrogen) atoms. The lowest BCUT2D eigenvalue weighted by Crippen LogP contribution is -2.41. The van der Waals surface area contributed by atoms with Crippen molar-refractivity contribution in [3.63, 3.8) is 0 Å². The van der Waals surface area contributed by atoms with Crippen molar-refractivity contribution >= 4 is 5.91 Å². The van der Waals surface area contributed by atoms with E-state index in [-0.39, 0.29) is 11.9 Å². The molecule has 0 aliphatic carbocycles. The number of likely N-dealkylation sites (N-methyl/N-ethyl adjacent to an activating group) is 1. The molecule has 0 saturated carbocycles. The molecule has 2 aromatic rings. The number of carbonyl (C=O) groups excluding carboxylic acids is 1. The van der Waals surface area contributed by atoms with Crippen LogP contribution in [0.4, 0.5) is 0 Å². The first kappa shape index (κ1) is 15.2. The first-order valence-corrected chi connectivity index (χ1v) is 7.06. The molecular weight excluding hydrogens is 262 g/mol. The molecule has 1 atom stereocenters. The number of amides is 1. The Balaban J connectivity index is 1.93. The Morgan fingerprint density at radius 3 is 2.48 bits per heavy atom. The van der Waals surface area contributed by atoms with Gasteiger partial charge in [0.25, 0.3) is 5.91 Å². The lowest BCUT2D eigenvalue weighted by atomic mass is 10.1. The number of pyridine rings is 1. The van der Waals surface area contributed by atoms with Crippen LogP contribution in [0.25, 0.3) is 0 Å².